The Morgan fingerprint density at radius 3 is 3.35 bits per heavy atom. The Morgan fingerprint density at radius 2 is 2.53 bits per heavy atom. The molecule has 5 nitrogen and oxygen atoms in total. The van der Waals surface area contributed by atoms with E-state index in [1.807, 2.05) is 11.8 Å². The van der Waals surface area contributed by atoms with Gasteiger partial charge in [0, 0.05) is 17.9 Å². The lowest BCUT2D eigenvalue weighted by molar-refractivity contribution is 0.797. The van der Waals surface area contributed by atoms with Crippen LogP contribution in [-0.4, -0.2) is 37.1 Å². The molecule has 0 bridgehead atoms. The number of hydrogen-bond donors (Lipinski definition) is 1. The Morgan fingerprint density at radius 1 is 1.59 bits per heavy atom. The van der Waals surface area contributed by atoms with E-state index >= 15 is 0 Å². The van der Waals surface area contributed by atoms with Gasteiger partial charge in [-0.15, -0.1) is 0 Å². The van der Waals surface area contributed by atoms with Gasteiger partial charge in [0.25, 0.3) is 5.78 Å². The average Bonchev–Trinajstić information content (AvgIpc) is 2.95. The average molecular weight is 270 g/mol. The lowest BCUT2D eigenvalue weighted by atomic mass is 10.2. The van der Waals surface area contributed by atoms with Crippen LogP contribution in [0.15, 0.2) is 12.4 Å². The molecule has 0 radical (unpaired) electrons. The third-order valence-corrected chi connectivity index (χ3v) is 4.35. The van der Waals surface area contributed by atoms with Crippen LogP contribution in [0.2, 0.25) is 5.15 Å². The largest absolute Gasteiger partial charge is 0.369 e. The van der Waals surface area contributed by atoms with E-state index < -0.39 is 0 Å². The number of anilines is 1. The lowest BCUT2D eigenvalue weighted by Crippen LogP contribution is -2.16. The molecule has 1 saturated heterocycles. The number of nitrogens with zero attached hydrogens (tertiary/aromatic N) is 4. The molecule has 1 unspecified atom stereocenters. The molecule has 17 heavy (non-hydrogen) atoms. The highest BCUT2D eigenvalue weighted by atomic mass is 35.5. The Balaban J connectivity index is 1.81. The van der Waals surface area contributed by atoms with Crippen molar-refractivity contribution < 1.29 is 0 Å². The molecule has 90 valence electrons. The molecule has 0 saturated carbocycles. The van der Waals surface area contributed by atoms with Crippen LogP contribution in [0.5, 0.6) is 0 Å². The summed E-state index contributed by atoms with van der Waals surface area (Å²) in [6.07, 6.45) is 4.07. The molecule has 0 aliphatic carbocycles. The smallest absolute Gasteiger partial charge is 0.255 e. The van der Waals surface area contributed by atoms with Crippen LogP contribution in [0, 0.1) is 0 Å². The number of thioether (sulfide) groups is 1. The third-order valence-electron chi connectivity index (χ3n) is 2.76. The summed E-state index contributed by atoms with van der Waals surface area (Å²) in [5, 5.41) is 8.61. The van der Waals surface area contributed by atoms with Crippen LogP contribution in [0.3, 0.4) is 0 Å². The van der Waals surface area contributed by atoms with Crippen molar-refractivity contribution in [3.8, 4) is 0 Å². The number of halogens is 1. The molecule has 0 spiro atoms. The normalized spacial score (nSPS) is 19.9. The molecule has 1 fully saturated rings. The van der Waals surface area contributed by atoms with Crippen LogP contribution < -0.4 is 5.32 Å². The van der Waals surface area contributed by atoms with Crippen molar-refractivity contribution in [1.29, 1.82) is 0 Å². The summed E-state index contributed by atoms with van der Waals surface area (Å²) in [6, 6.07) is 1.78. The topological polar surface area (TPSA) is 55.1 Å². The number of fused-ring (bicyclic) bond motifs is 1. The van der Waals surface area contributed by atoms with Crippen molar-refractivity contribution >= 4 is 35.0 Å². The number of nitrogens with one attached hydrogen (secondary N) is 1. The van der Waals surface area contributed by atoms with Gasteiger partial charge in [-0.05, 0) is 18.6 Å². The SMILES string of the molecule is Clc1cc(NCC2CCCS2)n2ncnc2n1. The van der Waals surface area contributed by atoms with Gasteiger partial charge in [0.15, 0.2) is 0 Å². The van der Waals surface area contributed by atoms with Gasteiger partial charge >= 0.3 is 0 Å². The van der Waals surface area contributed by atoms with Gasteiger partial charge in [-0.1, -0.05) is 11.6 Å². The van der Waals surface area contributed by atoms with Crippen molar-refractivity contribution in [2.75, 3.05) is 17.6 Å². The number of rotatable bonds is 3. The third kappa shape index (κ3) is 2.32. The summed E-state index contributed by atoms with van der Waals surface area (Å²) < 4.78 is 1.67. The van der Waals surface area contributed by atoms with E-state index in [0.29, 0.717) is 16.2 Å². The maximum atomic E-state index is 5.94. The summed E-state index contributed by atoms with van der Waals surface area (Å²) in [5.41, 5.74) is 0. The van der Waals surface area contributed by atoms with E-state index in [1.165, 1.54) is 24.9 Å². The second kappa shape index (κ2) is 4.70. The van der Waals surface area contributed by atoms with Crippen LogP contribution in [0.25, 0.3) is 5.78 Å². The van der Waals surface area contributed by atoms with Crippen LogP contribution in [-0.2, 0) is 0 Å². The Bertz CT molecular complexity index is 522. The molecule has 3 heterocycles. The van der Waals surface area contributed by atoms with Crippen molar-refractivity contribution in [2.45, 2.75) is 18.1 Å². The first-order chi connectivity index (χ1) is 8.33. The highest BCUT2D eigenvalue weighted by Gasteiger charge is 2.16. The summed E-state index contributed by atoms with van der Waals surface area (Å²) in [7, 11) is 0. The van der Waals surface area contributed by atoms with E-state index in [0.717, 1.165) is 12.4 Å². The minimum absolute atomic E-state index is 0.437. The minimum Gasteiger partial charge on any atom is -0.369 e. The van der Waals surface area contributed by atoms with Gasteiger partial charge in [0.05, 0.1) is 0 Å². The molecular formula is C10H12ClN5S. The predicted molar refractivity (Wildman–Crippen MR) is 69.8 cm³/mol. The molecular weight excluding hydrogens is 258 g/mol. The molecule has 1 aliphatic rings. The summed E-state index contributed by atoms with van der Waals surface area (Å²) >= 11 is 7.96. The second-order valence-corrected chi connectivity index (χ2v) is 5.75. The molecule has 2 aromatic rings. The van der Waals surface area contributed by atoms with Gasteiger partial charge in [-0.2, -0.15) is 31.3 Å². The van der Waals surface area contributed by atoms with Gasteiger partial charge in [0.2, 0.25) is 0 Å². The molecule has 7 heteroatoms. The zero-order valence-corrected chi connectivity index (χ0v) is 10.7. The molecule has 2 aromatic heterocycles. The summed E-state index contributed by atoms with van der Waals surface area (Å²) in [5.74, 6) is 2.64. The maximum Gasteiger partial charge on any atom is 0.255 e. The quantitative estimate of drug-likeness (QED) is 0.865. The van der Waals surface area contributed by atoms with E-state index in [4.69, 9.17) is 11.6 Å². The second-order valence-electron chi connectivity index (χ2n) is 3.95. The van der Waals surface area contributed by atoms with Gasteiger partial charge < -0.3 is 5.32 Å². The van der Waals surface area contributed by atoms with Crippen molar-refractivity contribution in [2.24, 2.45) is 0 Å². The monoisotopic (exact) mass is 269 g/mol. The van der Waals surface area contributed by atoms with Crippen LogP contribution in [0.4, 0.5) is 5.82 Å². The minimum atomic E-state index is 0.437. The molecule has 0 amide bonds. The lowest BCUT2D eigenvalue weighted by Gasteiger charge is -2.12. The van der Waals surface area contributed by atoms with E-state index in [1.54, 1.807) is 10.6 Å². The molecule has 3 rings (SSSR count). The molecule has 0 aromatic carbocycles. The Hall–Kier alpha value is -1.01. The number of aromatic nitrogens is 4. The highest BCUT2D eigenvalue weighted by molar-refractivity contribution is 8.00. The summed E-state index contributed by atoms with van der Waals surface area (Å²) in [6.45, 7) is 0.931. The van der Waals surface area contributed by atoms with Gasteiger partial charge in [-0.25, -0.2) is 0 Å². The molecule has 1 aliphatic heterocycles. The zero-order valence-electron chi connectivity index (χ0n) is 9.14. The Kier molecular flexibility index (Phi) is 3.07. The Labute approximate surface area is 108 Å². The zero-order chi connectivity index (χ0) is 11.7. The first kappa shape index (κ1) is 11.1. The predicted octanol–water partition coefficient (Wildman–Crippen LogP) is 2.09. The van der Waals surface area contributed by atoms with Gasteiger partial charge in [-0.3, -0.25) is 0 Å². The standard InChI is InChI=1S/C10H12ClN5S/c11-8-4-9(12-5-7-2-1-3-17-7)16-10(15-8)13-6-14-16/h4,6-7,12H,1-3,5H2. The first-order valence-corrected chi connectivity index (χ1v) is 6.97. The van der Waals surface area contributed by atoms with Gasteiger partial charge in [0.1, 0.15) is 17.3 Å². The molecule has 1 atom stereocenters. The van der Waals surface area contributed by atoms with Crippen LogP contribution in [0.1, 0.15) is 12.8 Å². The maximum absolute atomic E-state index is 5.94. The number of hydrogen-bond acceptors (Lipinski definition) is 5. The fourth-order valence-corrected chi connectivity index (χ4v) is 3.31. The van der Waals surface area contributed by atoms with E-state index in [9.17, 15) is 0 Å². The van der Waals surface area contributed by atoms with E-state index in [-0.39, 0.29) is 0 Å². The molecule has 1 N–H and O–H groups in total. The van der Waals surface area contributed by atoms with Crippen molar-refractivity contribution in [1.82, 2.24) is 19.6 Å². The van der Waals surface area contributed by atoms with Crippen molar-refractivity contribution in [3.05, 3.63) is 17.5 Å². The first-order valence-electron chi connectivity index (χ1n) is 5.55. The highest BCUT2D eigenvalue weighted by Crippen LogP contribution is 2.26. The van der Waals surface area contributed by atoms with E-state index in [2.05, 4.69) is 20.4 Å². The fourth-order valence-electron chi connectivity index (χ4n) is 1.93. The van der Waals surface area contributed by atoms with Crippen LogP contribution >= 0.6 is 23.4 Å². The fraction of sp³-hybridized carbons (Fsp3) is 0.500. The summed E-state index contributed by atoms with van der Waals surface area (Å²) in [4.78, 5) is 8.12. The van der Waals surface area contributed by atoms with Crippen molar-refractivity contribution in [3.63, 3.8) is 0 Å².